The molecule has 1 aromatic rings. The molecule has 98 valence electrons. The zero-order chi connectivity index (χ0) is 12.5. The molecule has 3 unspecified atom stereocenters. The Bertz CT molecular complexity index is 397. The van der Waals surface area contributed by atoms with Crippen molar-refractivity contribution in [3.8, 4) is 5.75 Å². The van der Waals surface area contributed by atoms with Gasteiger partial charge in [0, 0.05) is 0 Å². The molecule has 0 radical (unpaired) electrons. The number of aliphatic hydroxyl groups excluding tert-OH is 1. The van der Waals surface area contributed by atoms with Crippen LogP contribution in [0, 0.1) is 0 Å². The van der Waals surface area contributed by atoms with E-state index in [0.717, 1.165) is 37.0 Å². The Kier molecular flexibility index (Phi) is 3.27. The lowest BCUT2D eigenvalue weighted by atomic mass is 10.0. The van der Waals surface area contributed by atoms with Gasteiger partial charge in [0.05, 0.1) is 18.3 Å². The first-order valence-electron chi connectivity index (χ1n) is 6.82. The maximum absolute atomic E-state index is 10.3. The van der Waals surface area contributed by atoms with Gasteiger partial charge in [0.1, 0.15) is 11.9 Å². The summed E-state index contributed by atoms with van der Waals surface area (Å²) in [6.07, 6.45) is 4.39. The second kappa shape index (κ2) is 4.90. The molecular formula is C15H20O3. The molecule has 2 fully saturated rings. The van der Waals surface area contributed by atoms with Crippen molar-refractivity contribution >= 4 is 0 Å². The highest BCUT2D eigenvalue weighted by Gasteiger charge is 2.29. The number of hydrogen-bond donors (Lipinski definition) is 1. The first-order chi connectivity index (χ1) is 8.72. The van der Waals surface area contributed by atoms with Gasteiger partial charge in [-0.3, -0.25) is 0 Å². The number of hydrogen-bond acceptors (Lipinski definition) is 3. The molecule has 3 nitrogen and oxygen atoms in total. The fraction of sp³-hybridized carbons (Fsp3) is 0.600. The summed E-state index contributed by atoms with van der Waals surface area (Å²) in [6, 6.07) is 7.76. The minimum absolute atomic E-state index is 0.0600. The molecule has 1 aliphatic carbocycles. The van der Waals surface area contributed by atoms with E-state index in [1.165, 1.54) is 0 Å². The maximum atomic E-state index is 10.3. The SMILES string of the molecule is CC1CCC(C(O)c2ccc(OC3CC3)cc2)O1. The van der Waals surface area contributed by atoms with Crippen LogP contribution in [0.5, 0.6) is 5.75 Å². The van der Waals surface area contributed by atoms with Gasteiger partial charge in [0.15, 0.2) is 0 Å². The predicted molar refractivity (Wildman–Crippen MR) is 68.6 cm³/mol. The largest absolute Gasteiger partial charge is 0.490 e. The van der Waals surface area contributed by atoms with Crippen molar-refractivity contribution < 1.29 is 14.6 Å². The van der Waals surface area contributed by atoms with E-state index in [0.29, 0.717) is 6.10 Å². The summed E-state index contributed by atoms with van der Waals surface area (Å²) < 4.78 is 11.4. The van der Waals surface area contributed by atoms with Gasteiger partial charge in [0.2, 0.25) is 0 Å². The second-order valence-electron chi connectivity index (χ2n) is 5.39. The summed E-state index contributed by atoms with van der Waals surface area (Å²) in [5, 5.41) is 10.3. The average molecular weight is 248 g/mol. The van der Waals surface area contributed by atoms with E-state index in [1.807, 2.05) is 24.3 Å². The van der Waals surface area contributed by atoms with Crippen LogP contribution in [-0.2, 0) is 4.74 Å². The topological polar surface area (TPSA) is 38.7 Å². The van der Waals surface area contributed by atoms with Crippen molar-refractivity contribution in [1.82, 2.24) is 0 Å². The monoisotopic (exact) mass is 248 g/mol. The summed E-state index contributed by atoms with van der Waals surface area (Å²) in [4.78, 5) is 0. The third kappa shape index (κ3) is 2.68. The molecule has 1 aromatic carbocycles. The van der Waals surface area contributed by atoms with E-state index in [-0.39, 0.29) is 12.2 Å². The summed E-state index contributed by atoms with van der Waals surface area (Å²) >= 11 is 0. The highest BCUT2D eigenvalue weighted by molar-refractivity contribution is 5.29. The molecule has 0 spiro atoms. The molecule has 1 saturated carbocycles. The van der Waals surface area contributed by atoms with E-state index in [4.69, 9.17) is 9.47 Å². The first-order valence-corrected chi connectivity index (χ1v) is 6.82. The van der Waals surface area contributed by atoms with E-state index in [9.17, 15) is 5.11 Å². The zero-order valence-corrected chi connectivity index (χ0v) is 10.7. The summed E-state index contributed by atoms with van der Waals surface area (Å²) in [7, 11) is 0. The molecule has 1 aliphatic heterocycles. The minimum atomic E-state index is -0.523. The third-order valence-electron chi connectivity index (χ3n) is 3.67. The molecule has 1 N–H and O–H groups in total. The number of rotatable bonds is 4. The number of ether oxygens (including phenoxy) is 2. The van der Waals surface area contributed by atoms with Crippen molar-refractivity contribution in [2.24, 2.45) is 0 Å². The highest BCUT2D eigenvalue weighted by Crippen LogP contribution is 2.32. The Morgan fingerprint density at radius 2 is 1.89 bits per heavy atom. The molecule has 0 bridgehead atoms. The van der Waals surface area contributed by atoms with Gasteiger partial charge in [-0.25, -0.2) is 0 Å². The fourth-order valence-corrected chi connectivity index (χ4v) is 2.40. The Hall–Kier alpha value is -1.06. The lowest BCUT2D eigenvalue weighted by Crippen LogP contribution is -2.18. The van der Waals surface area contributed by atoms with Crippen LogP contribution < -0.4 is 4.74 Å². The zero-order valence-electron chi connectivity index (χ0n) is 10.7. The van der Waals surface area contributed by atoms with Crippen LogP contribution in [0.3, 0.4) is 0 Å². The van der Waals surface area contributed by atoms with Crippen LogP contribution in [0.15, 0.2) is 24.3 Å². The van der Waals surface area contributed by atoms with Gasteiger partial charge in [-0.2, -0.15) is 0 Å². The molecule has 18 heavy (non-hydrogen) atoms. The van der Waals surface area contributed by atoms with Crippen LogP contribution in [0.25, 0.3) is 0 Å². The minimum Gasteiger partial charge on any atom is -0.490 e. The van der Waals surface area contributed by atoms with Crippen LogP contribution in [0.1, 0.15) is 44.3 Å². The molecule has 0 amide bonds. The Labute approximate surface area is 108 Å². The summed E-state index contributed by atoms with van der Waals surface area (Å²) in [6.45, 7) is 2.05. The van der Waals surface area contributed by atoms with E-state index < -0.39 is 6.10 Å². The van der Waals surface area contributed by atoms with Crippen LogP contribution in [-0.4, -0.2) is 23.4 Å². The van der Waals surface area contributed by atoms with Crippen molar-refractivity contribution in [2.45, 2.75) is 57.0 Å². The third-order valence-corrected chi connectivity index (χ3v) is 3.67. The van der Waals surface area contributed by atoms with Gasteiger partial charge < -0.3 is 14.6 Å². The second-order valence-corrected chi connectivity index (χ2v) is 5.39. The molecule has 3 heteroatoms. The van der Waals surface area contributed by atoms with Gasteiger partial charge in [-0.15, -0.1) is 0 Å². The summed E-state index contributed by atoms with van der Waals surface area (Å²) in [5.74, 6) is 0.897. The molecular weight excluding hydrogens is 228 g/mol. The van der Waals surface area contributed by atoms with Crippen molar-refractivity contribution in [3.05, 3.63) is 29.8 Å². The van der Waals surface area contributed by atoms with Crippen LogP contribution in [0.2, 0.25) is 0 Å². The Morgan fingerprint density at radius 1 is 1.17 bits per heavy atom. The van der Waals surface area contributed by atoms with E-state index in [1.54, 1.807) is 0 Å². The van der Waals surface area contributed by atoms with Crippen LogP contribution >= 0.6 is 0 Å². The quantitative estimate of drug-likeness (QED) is 0.890. The summed E-state index contributed by atoms with van der Waals surface area (Å²) in [5.41, 5.74) is 0.914. The highest BCUT2D eigenvalue weighted by atomic mass is 16.5. The molecule has 3 atom stereocenters. The fourth-order valence-electron chi connectivity index (χ4n) is 2.40. The lowest BCUT2D eigenvalue weighted by Gasteiger charge is -2.19. The van der Waals surface area contributed by atoms with Gasteiger partial charge in [-0.1, -0.05) is 12.1 Å². The van der Waals surface area contributed by atoms with E-state index in [2.05, 4.69) is 6.92 Å². The number of aliphatic hydroxyl groups is 1. The molecule has 1 saturated heterocycles. The molecule has 2 aliphatic rings. The smallest absolute Gasteiger partial charge is 0.119 e. The number of benzene rings is 1. The van der Waals surface area contributed by atoms with Gasteiger partial charge in [-0.05, 0) is 50.3 Å². The van der Waals surface area contributed by atoms with Gasteiger partial charge in [0.25, 0.3) is 0 Å². The molecule has 1 heterocycles. The van der Waals surface area contributed by atoms with Crippen molar-refractivity contribution in [2.75, 3.05) is 0 Å². The molecule has 0 aromatic heterocycles. The Balaban J connectivity index is 1.63. The Morgan fingerprint density at radius 3 is 2.44 bits per heavy atom. The standard InChI is InChI=1S/C15H20O3/c1-10-2-9-14(17-10)15(16)11-3-5-12(6-4-11)18-13-7-8-13/h3-6,10,13-16H,2,7-9H2,1H3. The lowest BCUT2D eigenvalue weighted by molar-refractivity contribution is -0.0297. The average Bonchev–Trinajstić information content (AvgIpc) is 3.09. The van der Waals surface area contributed by atoms with Crippen molar-refractivity contribution in [3.63, 3.8) is 0 Å². The first kappa shape index (κ1) is 12.0. The maximum Gasteiger partial charge on any atom is 0.119 e. The van der Waals surface area contributed by atoms with Crippen molar-refractivity contribution in [1.29, 1.82) is 0 Å². The predicted octanol–water partition coefficient (Wildman–Crippen LogP) is 2.83. The normalized spacial score (nSPS) is 29.2. The van der Waals surface area contributed by atoms with Crippen LogP contribution in [0.4, 0.5) is 0 Å². The van der Waals surface area contributed by atoms with E-state index >= 15 is 0 Å². The molecule has 3 rings (SSSR count). The van der Waals surface area contributed by atoms with Gasteiger partial charge >= 0.3 is 0 Å².